The molecule has 0 saturated heterocycles. The van der Waals surface area contributed by atoms with Gasteiger partial charge >= 0.3 is 0 Å². The summed E-state index contributed by atoms with van der Waals surface area (Å²) in [6.07, 6.45) is 1.92. The van der Waals surface area contributed by atoms with E-state index in [2.05, 4.69) is 294 Å². The summed E-state index contributed by atoms with van der Waals surface area (Å²) >= 11 is 0. The second-order valence-corrected chi connectivity index (χ2v) is 23.9. The molecule has 13 rings (SSSR count). The van der Waals surface area contributed by atoms with Gasteiger partial charge in [-0.2, -0.15) is 6.07 Å². The fourth-order valence-electron chi connectivity index (χ4n) is 11.3. The van der Waals surface area contributed by atoms with Crippen LogP contribution in [0.4, 0.5) is 22.7 Å². The molecule has 0 radical (unpaired) electrons. The van der Waals surface area contributed by atoms with Crippen molar-refractivity contribution in [2.45, 2.75) is 78.6 Å². The third kappa shape index (κ3) is 9.20. The smallest absolute Gasteiger partial charge is 0.135 e. The van der Waals surface area contributed by atoms with Crippen molar-refractivity contribution >= 4 is 66.4 Å². The zero-order valence-electron chi connectivity index (χ0n) is 46.2. The Morgan fingerprint density at radius 3 is 1.67 bits per heavy atom. The van der Waals surface area contributed by atoms with Crippen LogP contribution in [0, 0.1) is 18.8 Å². The summed E-state index contributed by atoms with van der Waals surface area (Å²) in [5.41, 5.74) is 17.4. The molecule has 1 aliphatic rings. The Kier molecular flexibility index (Phi) is 12.8. The number of hydrogen-bond donors (Lipinski definition) is 0. The van der Waals surface area contributed by atoms with Crippen LogP contribution >= 0.6 is 0 Å². The van der Waals surface area contributed by atoms with Crippen molar-refractivity contribution in [1.29, 1.82) is 0 Å². The minimum atomic E-state index is -0.0864. The number of para-hydroxylation sites is 5. The predicted octanol–water partition coefficient (Wildman–Crippen LogP) is 19.3. The number of benzene rings is 9. The Hall–Kier alpha value is -8.18. The summed E-state index contributed by atoms with van der Waals surface area (Å²) in [5.74, 6) is 1.96. The molecule has 0 amide bonds. The van der Waals surface area contributed by atoms with Gasteiger partial charge in [0, 0.05) is 77.7 Å². The Labute approximate surface area is 478 Å². The number of fused-ring (bicyclic) bond motifs is 7. The van der Waals surface area contributed by atoms with E-state index in [1.165, 1.54) is 44.2 Å². The molecular weight excluding hydrogens is 1150 g/mol. The maximum Gasteiger partial charge on any atom is 0.135 e. The van der Waals surface area contributed by atoms with Crippen LogP contribution in [0.15, 0.2) is 206 Å². The molecular formula is C72H62N5OPt-3. The number of aromatic nitrogens is 3. The van der Waals surface area contributed by atoms with Crippen LogP contribution in [0.3, 0.4) is 0 Å². The van der Waals surface area contributed by atoms with Gasteiger partial charge in [0.25, 0.3) is 0 Å². The van der Waals surface area contributed by atoms with Gasteiger partial charge in [-0.3, -0.25) is 0 Å². The van der Waals surface area contributed by atoms with Gasteiger partial charge in [-0.15, -0.1) is 42.7 Å². The molecule has 12 aromatic rings. The molecule has 0 atom stereocenters. The minimum Gasteiger partial charge on any atom is -0.509 e. The van der Waals surface area contributed by atoms with Crippen molar-refractivity contribution in [3.63, 3.8) is 0 Å². The summed E-state index contributed by atoms with van der Waals surface area (Å²) in [4.78, 5) is 9.64. The van der Waals surface area contributed by atoms with Crippen molar-refractivity contribution in [3.05, 3.63) is 242 Å². The van der Waals surface area contributed by atoms with Gasteiger partial charge in [0.1, 0.15) is 5.82 Å². The molecule has 3 aromatic heterocycles. The fraction of sp³-hybridized carbons (Fsp3) is 0.167. The van der Waals surface area contributed by atoms with E-state index in [4.69, 9.17) is 9.72 Å². The molecule has 6 nitrogen and oxygen atoms in total. The standard InChI is InChI=1S/C72H62N5O.Pt/c1-70(2,3)50-34-35-56(49-38-48(47-22-11-10-12-23-47)39-52(40-49)72(7,8)9)65(41-50)75-46-74(63-32-19-20-33-64(63)75)53-24-21-25-54(43-53)78-55-44-66(76-60-29-16-13-26-57(60)58-27-14-17-30-61(58)76)69-59-28-15-18-31-62(59)77(67(69)45-55)68-42-51(36-37-73-68)71(4,5)6;/h10-42,44,46H,1-9H3;/q-3;. The van der Waals surface area contributed by atoms with Crippen LogP contribution in [-0.2, 0) is 37.3 Å². The molecule has 1 aliphatic heterocycles. The third-order valence-corrected chi connectivity index (χ3v) is 15.5. The molecule has 0 spiro atoms. The number of pyridine rings is 1. The van der Waals surface area contributed by atoms with E-state index in [9.17, 15) is 0 Å². The van der Waals surface area contributed by atoms with Crippen molar-refractivity contribution < 1.29 is 25.8 Å². The Morgan fingerprint density at radius 2 is 1.00 bits per heavy atom. The summed E-state index contributed by atoms with van der Waals surface area (Å²) in [5, 5.41) is 4.53. The predicted molar refractivity (Wildman–Crippen MR) is 326 cm³/mol. The Balaban J connectivity index is 0.00000623. The molecule has 0 fully saturated rings. The van der Waals surface area contributed by atoms with Gasteiger partial charge in [-0.1, -0.05) is 195 Å². The molecule has 0 saturated carbocycles. The second-order valence-electron chi connectivity index (χ2n) is 23.9. The van der Waals surface area contributed by atoms with Gasteiger partial charge in [0.05, 0.1) is 11.0 Å². The van der Waals surface area contributed by atoms with Crippen LogP contribution in [0.25, 0.3) is 77.4 Å². The monoisotopic (exact) mass is 1210 g/mol. The Morgan fingerprint density at radius 1 is 0.418 bits per heavy atom. The van der Waals surface area contributed by atoms with E-state index in [1.54, 1.807) is 0 Å². The molecule has 7 heteroatoms. The first-order valence-electron chi connectivity index (χ1n) is 27.1. The van der Waals surface area contributed by atoms with Crippen molar-refractivity contribution in [1.82, 2.24) is 14.1 Å². The number of hydrogen-bond acceptors (Lipinski definition) is 4. The molecule has 79 heavy (non-hydrogen) atoms. The van der Waals surface area contributed by atoms with Crippen molar-refractivity contribution in [2.75, 3.05) is 9.80 Å². The molecule has 0 unspecified atom stereocenters. The first kappa shape index (κ1) is 51.6. The Bertz CT molecular complexity index is 4250. The first-order chi connectivity index (χ1) is 37.6. The molecule has 0 bridgehead atoms. The maximum atomic E-state index is 7.12. The van der Waals surface area contributed by atoms with E-state index in [0.29, 0.717) is 11.5 Å². The number of rotatable bonds is 8. The second kappa shape index (κ2) is 19.6. The van der Waals surface area contributed by atoms with Crippen molar-refractivity contribution in [3.8, 4) is 45.3 Å². The summed E-state index contributed by atoms with van der Waals surface area (Å²) in [7, 11) is 0. The SMILES string of the molecule is CC(C)(C)c1cc(-c2ccccc2)cc(-c2ccc(C(C)(C)C)cc2N2[CH-]N(c3[c-]c(Oc4[c-]c5c(c(-n6c7ccccc7c7ccccc76)c4)c4ccccc4n5-c4cc(C(C)(C)C)ccn4)ccc3)c3ccccc32)c1.[Pt]. The molecule has 9 aromatic carbocycles. The molecule has 394 valence electrons. The van der Waals surface area contributed by atoms with Crippen LogP contribution in [0.2, 0.25) is 0 Å². The zero-order chi connectivity index (χ0) is 53.7. The van der Waals surface area contributed by atoms with E-state index in [1.807, 2.05) is 12.3 Å². The first-order valence-corrected chi connectivity index (χ1v) is 27.1. The number of anilines is 4. The van der Waals surface area contributed by atoms with Crippen molar-refractivity contribution in [2.24, 2.45) is 0 Å². The molecule has 4 heterocycles. The van der Waals surface area contributed by atoms with Gasteiger partial charge in [-0.05, 0) is 115 Å². The summed E-state index contributed by atoms with van der Waals surface area (Å²) in [6, 6.07) is 79.7. The van der Waals surface area contributed by atoms with Gasteiger partial charge in [0.2, 0.25) is 0 Å². The van der Waals surface area contributed by atoms with Gasteiger partial charge < -0.3 is 23.7 Å². The van der Waals surface area contributed by atoms with Crippen LogP contribution in [0.5, 0.6) is 11.5 Å². The summed E-state index contributed by atoms with van der Waals surface area (Å²) < 4.78 is 11.8. The summed E-state index contributed by atoms with van der Waals surface area (Å²) in [6.45, 7) is 22.7. The normalized spacial score (nSPS) is 12.9. The maximum absolute atomic E-state index is 7.12. The average Bonchev–Trinajstić information content (AvgIpc) is 4.21. The quantitative estimate of drug-likeness (QED) is 0.142. The average molecular weight is 1210 g/mol. The molecule has 0 N–H and O–H groups in total. The van der Waals surface area contributed by atoms with Crippen LogP contribution < -0.4 is 14.5 Å². The minimum absolute atomic E-state index is 0. The largest absolute Gasteiger partial charge is 0.509 e. The van der Waals surface area contributed by atoms with Crippen LogP contribution in [0.1, 0.15) is 79.0 Å². The van der Waals surface area contributed by atoms with E-state index < -0.39 is 0 Å². The third-order valence-electron chi connectivity index (χ3n) is 15.5. The van der Waals surface area contributed by atoms with Gasteiger partial charge in [0.15, 0.2) is 0 Å². The number of ether oxygens (including phenoxy) is 1. The van der Waals surface area contributed by atoms with Gasteiger partial charge in [-0.25, -0.2) is 4.98 Å². The van der Waals surface area contributed by atoms with E-state index >= 15 is 0 Å². The van der Waals surface area contributed by atoms with E-state index in [0.717, 1.165) is 72.7 Å². The number of nitrogens with zero attached hydrogens (tertiary/aromatic N) is 5. The molecule has 0 aliphatic carbocycles. The van der Waals surface area contributed by atoms with E-state index in [-0.39, 0.29) is 37.3 Å². The zero-order valence-corrected chi connectivity index (χ0v) is 48.4. The topological polar surface area (TPSA) is 38.5 Å². The fourth-order valence-corrected chi connectivity index (χ4v) is 11.3. The van der Waals surface area contributed by atoms with Crippen LogP contribution in [-0.4, -0.2) is 14.1 Å².